The van der Waals surface area contributed by atoms with Crippen LogP contribution >= 0.6 is 0 Å². The van der Waals surface area contributed by atoms with Gasteiger partial charge in [-0.1, -0.05) is 24.3 Å². The second kappa shape index (κ2) is 8.89. The van der Waals surface area contributed by atoms with Gasteiger partial charge in [0.25, 0.3) is 11.8 Å². The van der Waals surface area contributed by atoms with E-state index in [4.69, 9.17) is 4.74 Å². The van der Waals surface area contributed by atoms with Crippen LogP contribution in [0.3, 0.4) is 0 Å². The van der Waals surface area contributed by atoms with E-state index in [2.05, 4.69) is 0 Å². The third-order valence-electron chi connectivity index (χ3n) is 7.18. The molecule has 0 bridgehead atoms. The van der Waals surface area contributed by atoms with Gasteiger partial charge in [0.2, 0.25) is 5.91 Å². The number of hydrogen-bond donors (Lipinski definition) is 0. The standard InChI is InChI=1S/C26H29N3O4/c1-33-21-8-4-7-18(16-21)24(30)28-13-5-10-23(28)26(32)27-14-11-20(12-15-27)29-17-19-6-2-3-9-22(19)25(29)31/h2-4,6-9,16,20,23H,5,10-15,17H2,1H3. The van der Waals surface area contributed by atoms with Crippen molar-refractivity contribution < 1.29 is 19.1 Å². The van der Waals surface area contributed by atoms with E-state index in [-0.39, 0.29) is 23.8 Å². The number of amides is 3. The van der Waals surface area contributed by atoms with Crippen molar-refractivity contribution in [2.45, 2.75) is 44.3 Å². The predicted octanol–water partition coefficient (Wildman–Crippen LogP) is 2.95. The van der Waals surface area contributed by atoms with Crippen LogP contribution in [0.15, 0.2) is 48.5 Å². The Labute approximate surface area is 193 Å². The fourth-order valence-electron chi connectivity index (χ4n) is 5.37. The second-order valence-electron chi connectivity index (χ2n) is 9.04. The first kappa shape index (κ1) is 21.5. The van der Waals surface area contributed by atoms with Crippen LogP contribution in [0.25, 0.3) is 0 Å². The summed E-state index contributed by atoms with van der Waals surface area (Å²) in [6, 6.07) is 14.6. The van der Waals surface area contributed by atoms with Crippen molar-refractivity contribution in [3.63, 3.8) is 0 Å². The number of hydrogen-bond acceptors (Lipinski definition) is 4. The Bertz CT molecular complexity index is 1080. The summed E-state index contributed by atoms with van der Waals surface area (Å²) in [4.78, 5) is 44.9. The number of carbonyl (C=O) groups excluding carboxylic acids is 3. The van der Waals surface area contributed by atoms with Crippen LogP contribution in [0.1, 0.15) is 52.0 Å². The molecule has 7 nitrogen and oxygen atoms in total. The summed E-state index contributed by atoms with van der Waals surface area (Å²) >= 11 is 0. The lowest BCUT2D eigenvalue weighted by atomic mass is 10.0. The maximum Gasteiger partial charge on any atom is 0.254 e. The number of fused-ring (bicyclic) bond motifs is 1. The second-order valence-corrected chi connectivity index (χ2v) is 9.04. The van der Waals surface area contributed by atoms with Gasteiger partial charge in [0, 0.05) is 43.3 Å². The van der Waals surface area contributed by atoms with Gasteiger partial charge in [0.1, 0.15) is 11.8 Å². The Balaban J connectivity index is 1.22. The quantitative estimate of drug-likeness (QED) is 0.723. The smallest absolute Gasteiger partial charge is 0.254 e. The summed E-state index contributed by atoms with van der Waals surface area (Å²) in [6.07, 6.45) is 3.04. The van der Waals surface area contributed by atoms with E-state index in [0.29, 0.717) is 43.9 Å². The molecule has 7 heteroatoms. The normalized spacial score (nSPS) is 20.8. The molecule has 0 N–H and O–H groups in total. The predicted molar refractivity (Wildman–Crippen MR) is 123 cm³/mol. The molecule has 172 valence electrons. The van der Waals surface area contributed by atoms with Gasteiger partial charge in [-0.25, -0.2) is 0 Å². The molecule has 1 unspecified atom stereocenters. The number of ether oxygens (including phenoxy) is 1. The number of piperidine rings is 1. The number of methoxy groups -OCH3 is 1. The lowest BCUT2D eigenvalue weighted by Crippen LogP contribution is -2.52. The molecule has 0 spiro atoms. The van der Waals surface area contributed by atoms with Crippen LogP contribution in [0.5, 0.6) is 5.75 Å². The van der Waals surface area contributed by atoms with Gasteiger partial charge >= 0.3 is 0 Å². The first-order valence-corrected chi connectivity index (χ1v) is 11.7. The van der Waals surface area contributed by atoms with Gasteiger partial charge in [0.05, 0.1) is 7.11 Å². The molecule has 2 fully saturated rings. The zero-order chi connectivity index (χ0) is 22.9. The summed E-state index contributed by atoms with van der Waals surface area (Å²) < 4.78 is 5.24. The van der Waals surface area contributed by atoms with E-state index in [1.807, 2.05) is 34.1 Å². The fourth-order valence-corrected chi connectivity index (χ4v) is 5.37. The average Bonchev–Trinajstić information content (AvgIpc) is 3.48. The van der Waals surface area contributed by atoms with E-state index in [1.165, 1.54) is 0 Å². The highest BCUT2D eigenvalue weighted by Crippen LogP contribution is 2.30. The minimum absolute atomic E-state index is 0.0261. The molecule has 0 saturated carbocycles. The minimum atomic E-state index is -0.419. The molecule has 3 amide bonds. The van der Waals surface area contributed by atoms with Gasteiger partial charge < -0.3 is 19.4 Å². The van der Waals surface area contributed by atoms with Crippen molar-refractivity contribution in [1.82, 2.24) is 14.7 Å². The summed E-state index contributed by atoms with van der Waals surface area (Å²) in [5, 5.41) is 0. The van der Waals surface area contributed by atoms with Crippen LogP contribution in [0, 0.1) is 0 Å². The van der Waals surface area contributed by atoms with E-state index >= 15 is 0 Å². The first-order chi connectivity index (χ1) is 16.1. The highest BCUT2D eigenvalue weighted by Gasteiger charge is 2.40. The van der Waals surface area contributed by atoms with Crippen molar-refractivity contribution >= 4 is 17.7 Å². The van der Waals surface area contributed by atoms with E-state index in [0.717, 1.165) is 30.4 Å². The Morgan fingerprint density at radius 3 is 2.52 bits per heavy atom. The van der Waals surface area contributed by atoms with Crippen LogP contribution in [0.2, 0.25) is 0 Å². The molecule has 0 aromatic heterocycles. The number of carbonyl (C=O) groups is 3. The number of likely N-dealkylation sites (tertiary alicyclic amines) is 2. The van der Waals surface area contributed by atoms with Crippen LogP contribution in [-0.4, -0.2) is 71.2 Å². The molecule has 2 aromatic rings. The number of benzene rings is 2. The molecule has 3 heterocycles. The van der Waals surface area contributed by atoms with E-state index < -0.39 is 6.04 Å². The van der Waals surface area contributed by atoms with Crippen LogP contribution < -0.4 is 4.74 Å². The maximum atomic E-state index is 13.4. The van der Waals surface area contributed by atoms with Gasteiger partial charge in [-0.15, -0.1) is 0 Å². The molecule has 0 aliphatic carbocycles. The Morgan fingerprint density at radius 2 is 1.76 bits per heavy atom. The summed E-state index contributed by atoms with van der Waals surface area (Å²) in [5.74, 6) is 0.628. The van der Waals surface area contributed by atoms with Crippen molar-refractivity contribution in [1.29, 1.82) is 0 Å². The monoisotopic (exact) mass is 447 g/mol. The van der Waals surface area contributed by atoms with Gasteiger partial charge in [0.15, 0.2) is 0 Å². The molecule has 2 saturated heterocycles. The lowest BCUT2D eigenvalue weighted by Gasteiger charge is -2.38. The van der Waals surface area contributed by atoms with Crippen molar-refractivity contribution in [3.05, 3.63) is 65.2 Å². The number of nitrogens with zero attached hydrogens (tertiary/aromatic N) is 3. The van der Waals surface area contributed by atoms with Crippen molar-refractivity contribution in [2.24, 2.45) is 0 Å². The third kappa shape index (κ3) is 3.96. The summed E-state index contributed by atoms with van der Waals surface area (Å²) in [6.45, 7) is 2.46. The van der Waals surface area contributed by atoms with Gasteiger partial charge in [-0.2, -0.15) is 0 Å². The molecule has 3 aliphatic rings. The Morgan fingerprint density at radius 1 is 0.970 bits per heavy atom. The van der Waals surface area contributed by atoms with E-state index in [1.54, 1.807) is 36.3 Å². The molecule has 0 radical (unpaired) electrons. The molecular weight excluding hydrogens is 418 g/mol. The third-order valence-corrected chi connectivity index (χ3v) is 7.18. The molecule has 5 rings (SSSR count). The molecule has 33 heavy (non-hydrogen) atoms. The zero-order valence-corrected chi connectivity index (χ0v) is 18.9. The molecule has 1 atom stereocenters. The number of rotatable bonds is 4. The van der Waals surface area contributed by atoms with Crippen molar-refractivity contribution in [2.75, 3.05) is 26.7 Å². The van der Waals surface area contributed by atoms with Crippen LogP contribution in [0.4, 0.5) is 0 Å². The highest BCUT2D eigenvalue weighted by molar-refractivity contribution is 5.99. The summed E-state index contributed by atoms with van der Waals surface area (Å²) in [7, 11) is 1.57. The van der Waals surface area contributed by atoms with Crippen molar-refractivity contribution in [3.8, 4) is 5.75 Å². The van der Waals surface area contributed by atoms with E-state index in [9.17, 15) is 14.4 Å². The fraction of sp³-hybridized carbons (Fsp3) is 0.423. The van der Waals surface area contributed by atoms with Crippen LogP contribution in [-0.2, 0) is 11.3 Å². The molecular formula is C26H29N3O4. The average molecular weight is 448 g/mol. The zero-order valence-electron chi connectivity index (χ0n) is 18.9. The largest absolute Gasteiger partial charge is 0.497 e. The highest BCUT2D eigenvalue weighted by atomic mass is 16.5. The SMILES string of the molecule is COc1cccc(C(=O)N2CCCC2C(=O)N2CCC(N3Cc4ccccc4C3=O)CC2)c1. The molecule has 2 aromatic carbocycles. The summed E-state index contributed by atoms with van der Waals surface area (Å²) in [5.41, 5.74) is 2.42. The van der Waals surface area contributed by atoms with Gasteiger partial charge in [-0.05, 0) is 55.5 Å². The van der Waals surface area contributed by atoms with Gasteiger partial charge in [-0.3, -0.25) is 14.4 Å². The molecule has 3 aliphatic heterocycles. The Hall–Kier alpha value is -3.35. The first-order valence-electron chi connectivity index (χ1n) is 11.7. The topological polar surface area (TPSA) is 70.2 Å². The lowest BCUT2D eigenvalue weighted by molar-refractivity contribution is -0.136. The maximum absolute atomic E-state index is 13.4. The Kier molecular flexibility index (Phi) is 5.79. The minimum Gasteiger partial charge on any atom is -0.497 e.